The second-order valence-corrected chi connectivity index (χ2v) is 7.41. The van der Waals surface area contributed by atoms with Crippen molar-refractivity contribution in [2.24, 2.45) is 11.7 Å². The van der Waals surface area contributed by atoms with E-state index in [2.05, 4.69) is 28.6 Å². The number of rotatable bonds is 13. The molecule has 0 aromatic heterocycles. The van der Waals surface area contributed by atoms with Crippen LogP contribution in [-0.2, 0) is 24.0 Å². The van der Waals surface area contributed by atoms with Crippen LogP contribution in [0.4, 0.5) is 0 Å². The van der Waals surface area contributed by atoms with E-state index in [-0.39, 0.29) is 18.1 Å². The van der Waals surface area contributed by atoms with Gasteiger partial charge in [0.25, 0.3) is 0 Å². The maximum atomic E-state index is 12.3. The number of carboxylic acids is 2. The maximum absolute atomic E-state index is 12.3. The molecule has 29 heavy (non-hydrogen) atoms. The first-order valence-electron chi connectivity index (χ1n) is 9.11. The summed E-state index contributed by atoms with van der Waals surface area (Å²) in [6.45, 7) is 5.17. The predicted molar refractivity (Wildman–Crippen MR) is 107 cm³/mol. The number of hydrogen-bond donors (Lipinski definition) is 7. The monoisotopic (exact) mass is 434 g/mol. The van der Waals surface area contributed by atoms with E-state index in [1.807, 2.05) is 13.8 Å². The summed E-state index contributed by atoms with van der Waals surface area (Å²) < 4.78 is 0. The average molecular weight is 435 g/mol. The zero-order valence-electron chi connectivity index (χ0n) is 16.7. The van der Waals surface area contributed by atoms with Gasteiger partial charge in [-0.25, -0.2) is 4.79 Å². The van der Waals surface area contributed by atoms with Crippen molar-refractivity contribution in [1.82, 2.24) is 16.0 Å². The van der Waals surface area contributed by atoms with Gasteiger partial charge in [-0.15, -0.1) is 0 Å². The van der Waals surface area contributed by atoms with E-state index in [0.29, 0.717) is 6.42 Å². The molecule has 0 radical (unpaired) electrons. The smallest absolute Gasteiger partial charge is 0.327 e. The number of amides is 3. The van der Waals surface area contributed by atoms with Crippen LogP contribution in [0.2, 0.25) is 0 Å². The van der Waals surface area contributed by atoms with Crippen molar-refractivity contribution < 1.29 is 34.2 Å². The highest BCUT2D eigenvalue weighted by atomic mass is 32.1. The third kappa shape index (κ3) is 10.7. The number of carbonyl (C=O) groups is 5. The zero-order valence-corrected chi connectivity index (χ0v) is 17.6. The fourth-order valence-corrected chi connectivity index (χ4v) is 2.54. The molecule has 11 nitrogen and oxygen atoms in total. The van der Waals surface area contributed by atoms with Gasteiger partial charge in [-0.2, -0.15) is 12.6 Å². The van der Waals surface area contributed by atoms with Crippen LogP contribution in [0.5, 0.6) is 0 Å². The first-order chi connectivity index (χ1) is 13.4. The Hall–Kier alpha value is -2.34. The van der Waals surface area contributed by atoms with Crippen molar-refractivity contribution in [3.05, 3.63) is 0 Å². The van der Waals surface area contributed by atoms with Crippen LogP contribution >= 0.6 is 12.6 Å². The Bertz CT molecular complexity index is 615. The molecule has 4 atom stereocenters. The Morgan fingerprint density at radius 3 is 1.90 bits per heavy atom. The summed E-state index contributed by atoms with van der Waals surface area (Å²) in [5, 5.41) is 24.8. The topological polar surface area (TPSA) is 188 Å². The molecule has 0 aliphatic carbocycles. The number of hydrogen-bond acceptors (Lipinski definition) is 7. The molecule has 0 rings (SSSR count). The summed E-state index contributed by atoms with van der Waals surface area (Å²) in [7, 11) is 0. The lowest BCUT2D eigenvalue weighted by atomic mass is 10.0. The lowest BCUT2D eigenvalue weighted by molar-refractivity contribution is -0.142. The predicted octanol–water partition coefficient (Wildman–Crippen LogP) is -1.29. The second kappa shape index (κ2) is 13.0. The molecule has 0 bridgehead atoms. The molecular formula is C17H30N4O7S. The van der Waals surface area contributed by atoms with Crippen molar-refractivity contribution in [1.29, 1.82) is 0 Å². The quantitative estimate of drug-likeness (QED) is 0.174. The summed E-state index contributed by atoms with van der Waals surface area (Å²) in [6.07, 6.45) is -0.277. The van der Waals surface area contributed by atoms with Crippen LogP contribution in [0.15, 0.2) is 0 Å². The Kier molecular flexibility index (Phi) is 11.9. The van der Waals surface area contributed by atoms with Gasteiger partial charge < -0.3 is 31.9 Å². The van der Waals surface area contributed by atoms with Gasteiger partial charge in [0.1, 0.15) is 18.1 Å². The molecule has 0 aliphatic heterocycles. The number of nitrogens with two attached hydrogens (primary N) is 1. The highest BCUT2D eigenvalue weighted by Gasteiger charge is 2.28. The van der Waals surface area contributed by atoms with Gasteiger partial charge in [0.15, 0.2) is 0 Å². The van der Waals surface area contributed by atoms with Gasteiger partial charge in [-0.05, 0) is 25.7 Å². The Morgan fingerprint density at radius 2 is 1.45 bits per heavy atom. The Labute approximate surface area is 174 Å². The summed E-state index contributed by atoms with van der Waals surface area (Å²) in [6, 6.07) is -4.45. The van der Waals surface area contributed by atoms with Crippen LogP contribution < -0.4 is 21.7 Å². The van der Waals surface area contributed by atoms with E-state index in [1.54, 1.807) is 0 Å². The maximum Gasteiger partial charge on any atom is 0.327 e. The fourth-order valence-electron chi connectivity index (χ4n) is 2.29. The number of aliphatic carboxylic acids is 2. The molecule has 7 N–H and O–H groups in total. The van der Waals surface area contributed by atoms with E-state index in [9.17, 15) is 24.0 Å². The zero-order chi connectivity index (χ0) is 22.7. The van der Waals surface area contributed by atoms with Gasteiger partial charge in [-0.1, -0.05) is 13.8 Å². The molecule has 0 aliphatic rings. The number of nitrogens with one attached hydrogen (secondary N) is 3. The first-order valence-corrected chi connectivity index (χ1v) is 9.74. The lowest BCUT2D eigenvalue weighted by Gasteiger charge is -2.23. The van der Waals surface area contributed by atoms with Gasteiger partial charge >= 0.3 is 11.9 Å². The number of carboxylic acid groups (broad SMARTS) is 2. The van der Waals surface area contributed by atoms with Crippen LogP contribution in [-0.4, -0.2) is 69.8 Å². The van der Waals surface area contributed by atoms with E-state index >= 15 is 0 Å². The lowest BCUT2D eigenvalue weighted by Crippen LogP contribution is -2.56. The van der Waals surface area contributed by atoms with Crippen molar-refractivity contribution in [2.75, 3.05) is 5.75 Å². The first kappa shape index (κ1) is 26.7. The molecule has 0 heterocycles. The van der Waals surface area contributed by atoms with Crippen LogP contribution in [0.3, 0.4) is 0 Å². The molecule has 12 heteroatoms. The number of thiol groups is 1. The average Bonchev–Trinajstić information content (AvgIpc) is 2.61. The second-order valence-electron chi connectivity index (χ2n) is 7.04. The van der Waals surface area contributed by atoms with E-state index in [4.69, 9.17) is 15.9 Å². The fraction of sp³-hybridized carbons (Fsp3) is 0.706. The molecule has 0 aromatic carbocycles. The SMILES string of the molecule is CC(C)CC(N)C(=O)NC(C)C(=O)NC(CCC(=O)O)C(=O)NC(CS)C(=O)O. The third-order valence-electron chi connectivity index (χ3n) is 3.89. The van der Waals surface area contributed by atoms with Gasteiger partial charge in [-0.3, -0.25) is 19.2 Å². The molecule has 4 unspecified atom stereocenters. The van der Waals surface area contributed by atoms with Crippen molar-refractivity contribution in [3.8, 4) is 0 Å². The molecule has 0 aromatic rings. The number of carbonyl (C=O) groups excluding carboxylic acids is 3. The van der Waals surface area contributed by atoms with Gasteiger partial charge in [0, 0.05) is 12.2 Å². The minimum atomic E-state index is -1.32. The van der Waals surface area contributed by atoms with Crippen molar-refractivity contribution in [3.63, 3.8) is 0 Å². The van der Waals surface area contributed by atoms with Crippen LogP contribution in [0.1, 0.15) is 40.0 Å². The van der Waals surface area contributed by atoms with Gasteiger partial charge in [0.05, 0.1) is 6.04 Å². The van der Waals surface area contributed by atoms with Crippen LogP contribution in [0, 0.1) is 5.92 Å². The highest BCUT2D eigenvalue weighted by Crippen LogP contribution is 2.04. The normalized spacial score (nSPS) is 15.0. The van der Waals surface area contributed by atoms with E-state index in [1.165, 1.54) is 6.92 Å². The molecule has 166 valence electrons. The highest BCUT2D eigenvalue weighted by molar-refractivity contribution is 7.80. The molecule has 0 saturated carbocycles. The molecule has 0 saturated heterocycles. The van der Waals surface area contributed by atoms with Crippen molar-refractivity contribution in [2.45, 2.75) is 64.2 Å². The van der Waals surface area contributed by atoms with Crippen LogP contribution in [0.25, 0.3) is 0 Å². The summed E-state index contributed by atoms with van der Waals surface area (Å²) in [5.74, 6) is -4.67. The third-order valence-corrected chi connectivity index (χ3v) is 4.26. The Balaban J connectivity index is 5.05. The van der Waals surface area contributed by atoms with E-state index < -0.39 is 60.2 Å². The Morgan fingerprint density at radius 1 is 0.897 bits per heavy atom. The summed E-state index contributed by atoms with van der Waals surface area (Å²) in [5.41, 5.74) is 5.76. The van der Waals surface area contributed by atoms with Gasteiger partial charge in [0.2, 0.25) is 17.7 Å². The summed E-state index contributed by atoms with van der Waals surface area (Å²) >= 11 is 3.83. The molecular weight excluding hydrogens is 404 g/mol. The standard InChI is InChI=1S/C17H30N4O7S/c1-8(2)6-10(18)15(25)19-9(3)14(24)20-11(4-5-13(22)23)16(26)21-12(7-29)17(27)28/h8-12,29H,4-7,18H2,1-3H3,(H,19,25)(H,20,24)(H,21,26)(H,22,23)(H,27,28). The largest absolute Gasteiger partial charge is 0.481 e. The minimum Gasteiger partial charge on any atom is -0.481 e. The molecule has 3 amide bonds. The molecule has 0 fully saturated rings. The molecule has 0 spiro atoms. The minimum absolute atomic E-state index is 0.179. The van der Waals surface area contributed by atoms with Crippen molar-refractivity contribution >= 4 is 42.3 Å². The summed E-state index contributed by atoms with van der Waals surface area (Å²) in [4.78, 5) is 58.6. The van der Waals surface area contributed by atoms with E-state index in [0.717, 1.165) is 0 Å².